The molecule has 3 heterocycles. The Morgan fingerprint density at radius 3 is 2.32 bits per heavy atom. The van der Waals surface area contributed by atoms with E-state index >= 15 is 0 Å². The molecule has 0 aliphatic carbocycles. The fourth-order valence-corrected chi connectivity index (χ4v) is 2.83. The number of likely N-dealkylation sites (tertiary alicyclic amines) is 1. The molecule has 0 aromatic carbocycles. The van der Waals surface area contributed by atoms with Gasteiger partial charge in [0, 0.05) is 50.7 Å². The lowest BCUT2D eigenvalue weighted by Gasteiger charge is -2.28. The van der Waals surface area contributed by atoms with Crippen molar-refractivity contribution in [3.8, 4) is 0 Å². The summed E-state index contributed by atoms with van der Waals surface area (Å²) in [6.45, 7) is 7.51. The van der Waals surface area contributed by atoms with Crippen LogP contribution in [0.5, 0.6) is 0 Å². The maximum absolute atomic E-state index is 4.53. The Balaban J connectivity index is 1.58. The van der Waals surface area contributed by atoms with E-state index in [1.807, 2.05) is 12.4 Å². The number of nitrogens with one attached hydrogen (secondary N) is 1. The van der Waals surface area contributed by atoms with E-state index in [0.717, 1.165) is 38.7 Å². The summed E-state index contributed by atoms with van der Waals surface area (Å²) >= 11 is 0. The van der Waals surface area contributed by atoms with Crippen LogP contribution in [0.3, 0.4) is 0 Å². The molecule has 0 radical (unpaired) electrons. The van der Waals surface area contributed by atoms with Gasteiger partial charge in [0.2, 0.25) is 5.95 Å². The van der Waals surface area contributed by atoms with E-state index in [4.69, 9.17) is 0 Å². The molecule has 1 aromatic heterocycles. The molecule has 0 saturated carbocycles. The first-order chi connectivity index (χ1) is 9.42. The van der Waals surface area contributed by atoms with Crippen molar-refractivity contribution < 1.29 is 0 Å². The van der Waals surface area contributed by atoms with Gasteiger partial charge in [0.15, 0.2) is 0 Å². The Morgan fingerprint density at radius 1 is 0.947 bits per heavy atom. The second-order valence-electron chi connectivity index (χ2n) is 5.47. The molecular formula is C14H23N5. The minimum Gasteiger partial charge on any atom is -0.338 e. The van der Waals surface area contributed by atoms with Crippen LogP contribution in [0.1, 0.15) is 24.8 Å². The Hall–Kier alpha value is -1.20. The van der Waals surface area contributed by atoms with Gasteiger partial charge in [-0.15, -0.1) is 0 Å². The maximum Gasteiger partial charge on any atom is 0.225 e. The SMILES string of the molecule is c1nc(N2CCNCC2)ncc1CN1CCCCC1. The number of hydrogen-bond acceptors (Lipinski definition) is 5. The summed E-state index contributed by atoms with van der Waals surface area (Å²) in [6, 6.07) is 0. The quantitative estimate of drug-likeness (QED) is 0.875. The molecule has 1 aromatic rings. The van der Waals surface area contributed by atoms with Crippen molar-refractivity contribution >= 4 is 5.95 Å². The lowest BCUT2D eigenvalue weighted by atomic mass is 10.1. The Morgan fingerprint density at radius 2 is 1.63 bits per heavy atom. The molecule has 2 saturated heterocycles. The molecule has 1 N–H and O–H groups in total. The number of rotatable bonds is 3. The summed E-state index contributed by atoms with van der Waals surface area (Å²) < 4.78 is 0. The highest BCUT2D eigenvalue weighted by molar-refractivity contribution is 5.30. The molecule has 0 spiro atoms. The zero-order valence-electron chi connectivity index (χ0n) is 11.5. The van der Waals surface area contributed by atoms with Crippen molar-refractivity contribution in [2.45, 2.75) is 25.8 Å². The van der Waals surface area contributed by atoms with E-state index < -0.39 is 0 Å². The average molecular weight is 261 g/mol. The number of nitrogens with zero attached hydrogens (tertiary/aromatic N) is 4. The summed E-state index contributed by atoms with van der Waals surface area (Å²) in [7, 11) is 0. The van der Waals surface area contributed by atoms with Crippen LogP contribution in [0.4, 0.5) is 5.95 Å². The summed E-state index contributed by atoms with van der Waals surface area (Å²) in [5, 5.41) is 3.35. The molecule has 0 bridgehead atoms. The lowest BCUT2D eigenvalue weighted by molar-refractivity contribution is 0.220. The van der Waals surface area contributed by atoms with Crippen molar-refractivity contribution in [3.63, 3.8) is 0 Å². The van der Waals surface area contributed by atoms with E-state index in [1.165, 1.54) is 37.9 Å². The molecule has 2 fully saturated rings. The van der Waals surface area contributed by atoms with Gasteiger partial charge in [0.1, 0.15) is 0 Å². The zero-order valence-corrected chi connectivity index (χ0v) is 11.5. The van der Waals surface area contributed by atoms with Gasteiger partial charge in [0.05, 0.1) is 0 Å². The molecule has 2 aliphatic heterocycles. The minimum atomic E-state index is 0.879. The van der Waals surface area contributed by atoms with Gasteiger partial charge in [-0.3, -0.25) is 4.90 Å². The van der Waals surface area contributed by atoms with Gasteiger partial charge < -0.3 is 10.2 Å². The van der Waals surface area contributed by atoms with E-state index in [9.17, 15) is 0 Å². The number of aromatic nitrogens is 2. The monoisotopic (exact) mass is 261 g/mol. The zero-order chi connectivity index (χ0) is 12.9. The summed E-state index contributed by atoms with van der Waals surface area (Å²) in [6.07, 6.45) is 8.05. The largest absolute Gasteiger partial charge is 0.338 e. The van der Waals surface area contributed by atoms with Gasteiger partial charge in [-0.05, 0) is 25.9 Å². The van der Waals surface area contributed by atoms with Crippen LogP contribution in [0.25, 0.3) is 0 Å². The van der Waals surface area contributed by atoms with Crippen LogP contribution in [0, 0.1) is 0 Å². The maximum atomic E-state index is 4.53. The number of hydrogen-bond donors (Lipinski definition) is 1. The van der Waals surface area contributed by atoms with Gasteiger partial charge >= 0.3 is 0 Å². The number of anilines is 1. The lowest BCUT2D eigenvalue weighted by Crippen LogP contribution is -2.44. The van der Waals surface area contributed by atoms with Crippen LogP contribution in [-0.4, -0.2) is 54.1 Å². The average Bonchev–Trinajstić information content (AvgIpc) is 2.50. The Kier molecular flexibility index (Phi) is 4.25. The number of piperazine rings is 1. The highest BCUT2D eigenvalue weighted by Gasteiger charge is 2.14. The standard InChI is InChI=1S/C14H23N5/c1-2-6-18(7-3-1)12-13-10-16-14(17-11-13)19-8-4-15-5-9-19/h10-11,15H,1-9,12H2. The molecule has 2 aliphatic rings. The van der Waals surface area contributed by atoms with Crippen LogP contribution < -0.4 is 10.2 Å². The topological polar surface area (TPSA) is 44.3 Å². The van der Waals surface area contributed by atoms with Crippen molar-refractivity contribution in [1.29, 1.82) is 0 Å². The third kappa shape index (κ3) is 3.42. The summed E-state index contributed by atoms with van der Waals surface area (Å²) in [4.78, 5) is 13.8. The van der Waals surface area contributed by atoms with E-state index in [-0.39, 0.29) is 0 Å². The first kappa shape index (κ1) is 12.8. The Labute approximate surface area is 115 Å². The first-order valence-electron chi connectivity index (χ1n) is 7.41. The summed E-state index contributed by atoms with van der Waals surface area (Å²) in [5.74, 6) is 0.879. The highest BCUT2D eigenvalue weighted by atomic mass is 15.3. The molecule has 19 heavy (non-hydrogen) atoms. The smallest absolute Gasteiger partial charge is 0.225 e. The second-order valence-corrected chi connectivity index (χ2v) is 5.47. The van der Waals surface area contributed by atoms with Crippen molar-refractivity contribution in [2.24, 2.45) is 0 Å². The third-order valence-electron chi connectivity index (χ3n) is 3.95. The molecule has 5 nitrogen and oxygen atoms in total. The summed E-state index contributed by atoms with van der Waals surface area (Å²) in [5.41, 5.74) is 1.24. The van der Waals surface area contributed by atoms with Gasteiger partial charge in [-0.25, -0.2) is 9.97 Å². The minimum absolute atomic E-state index is 0.879. The fraction of sp³-hybridized carbons (Fsp3) is 0.714. The van der Waals surface area contributed by atoms with Crippen LogP contribution >= 0.6 is 0 Å². The normalized spacial score (nSPS) is 21.6. The van der Waals surface area contributed by atoms with Gasteiger partial charge in [0.25, 0.3) is 0 Å². The van der Waals surface area contributed by atoms with Crippen LogP contribution in [-0.2, 0) is 6.54 Å². The molecule has 104 valence electrons. The predicted molar refractivity (Wildman–Crippen MR) is 76.2 cm³/mol. The second kappa shape index (κ2) is 6.30. The van der Waals surface area contributed by atoms with Crippen molar-refractivity contribution in [3.05, 3.63) is 18.0 Å². The first-order valence-corrected chi connectivity index (χ1v) is 7.41. The molecule has 5 heteroatoms. The predicted octanol–water partition coefficient (Wildman–Crippen LogP) is 0.872. The molecule has 0 unspecified atom stereocenters. The highest BCUT2D eigenvalue weighted by Crippen LogP contribution is 2.13. The molecule has 0 amide bonds. The van der Waals surface area contributed by atoms with Crippen LogP contribution in [0.2, 0.25) is 0 Å². The molecule has 3 rings (SSSR count). The van der Waals surface area contributed by atoms with E-state index in [2.05, 4.69) is 25.1 Å². The fourth-order valence-electron chi connectivity index (χ4n) is 2.83. The van der Waals surface area contributed by atoms with Gasteiger partial charge in [-0.2, -0.15) is 0 Å². The van der Waals surface area contributed by atoms with Crippen LogP contribution in [0.15, 0.2) is 12.4 Å². The number of piperidine rings is 1. The van der Waals surface area contributed by atoms with Crippen molar-refractivity contribution in [1.82, 2.24) is 20.2 Å². The Bertz CT molecular complexity index is 379. The third-order valence-corrected chi connectivity index (χ3v) is 3.95. The van der Waals surface area contributed by atoms with Gasteiger partial charge in [-0.1, -0.05) is 6.42 Å². The molecule has 0 atom stereocenters. The molecular weight excluding hydrogens is 238 g/mol. The van der Waals surface area contributed by atoms with E-state index in [0.29, 0.717) is 0 Å². The van der Waals surface area contributed by atoms with E-state index in [1.54, 1.807) is 0 Å². The van der Waals surface area contributed by atoms with Crippen molar-refractivity contribution in [2.75, 3.05) is 44.2 Å².